The van der Waals surface area contributed by atoms with Crippen molar-refractivity contribution in [3.63, 3.8) is 0 Å². The lowest BCUT2D eigenvalue weighted by molar-refractivity contribution is -0.150. The molecule has 3 rings (SSSR count). The first-order chi connectivity index (χ1) is 10.8. The maximum absolute atomic E-state index is 12.3. The van der Waals surface area contributed by atoms with E-state index in [4.69, 9.17) is 0 Å². The van der Waals surface area contributed by atoms with E-state index in [1.165, 1.54) is 0 Å². The van der Waals surface area contributed by atoms with Gasteiger partial charge in [0.05, 0.1) is 12.1 Å². The molecule has 7 heteroatoms. The quantitative estimate of drug-likeness (QED) is 0.839. The average Bonchev–Trinajstić information content (AvgIpc) is 2.82. The third kappa shape index (κ3) is 3.33. The number of aryl methyl sites for hydroxylation is 2. The summed E-state index contributed by atoms with van der Waals surface area (Å²) in [5.41, 5.74) is 1.91. The molecule has 1 spiro atoms. The molecule has 1 aromatic rings. The minimum absolute atomic E-state index is 0.199. The molecular formula is C16H20F3N3O. The molecule has 2 heterocycles. The Morgan fingerprint density at radius 2 is 2.17 bits per heavy atom. The van der Waals surface area contributed by atoms with Crippen LogP contribution in [0, 0.1) is 6.92 Å². The van der Waals surface area contributed by atoms with E-state index in [-0.39, 0.29) is 5.41 Å². The number of nitrogens with zero attached hydrogens (tertiary/aromatic N) is 3. The van der Waals surface area contributed by atoms with Gasteiger partial charge in [-0.25, -0.2) is 9.97 Å². The highest BCUT2D eigenvalue weighted by Gasteiger charge is 2.44. The third-order valence-corrected chi connectivity index (χ3v) is 4.91. The maximum atomic E-state index is 12.3. The second kappa shape index (κ2) is 5.76. The number of hydrogen-bond donors (Lipinski definition) is 0. The van der Waals surface area contributed by atoms with Crippen molar-refractivity contribution >= 4 is 5.91 Å². The van der Waals surface area contributed by atoms with Gasteiger partial charge in [0, 0.05) is 31.1 Å². The Bertz CT molecular complexity index is 613. The van der Waals surface area contributed by atoms with Crippen LogP contribution in [0.5, 0.6) is 0 Å². The van der Waals surface area contributed by atoms with Crippen molar-refractivity contribution < 1.29 is 18.0 Å². The summed E-state index contributed by atoms with van der Waals surface area (Å²) >= 11 is 0. The SMILES string of the molecule is Cc1ncc2c(n1)C1(CCCN(C(=O)CCC(F)(F)F)C1)CC2. The summed E-state index contributed by atoms with van der Waals surface area (Å²) in [5, 5.41) is 0. The van der Waals surface area contributed by atoms with Crippen LogP contribution in [0.2, 0.25) is 0 Å². The van der Waals surface area contributed by atoms with Crippen LogP contribution in [0.25, 0.3) is 0 Å². The smallest absolute Gasteiger partial charge is 0.342 e. The molecule has 126 valence electrons. The van der Waals surface area contributed by atoms with Crippen molar-refractivity contribution in [1.82, 2.24) is 14.9 Å². The number of alkyl halides is 3. The van der Waals surface area contributed by atoms with Crippen molar-refractivity contribution in [2.24, 2.45) is 0 Å². The number of fused-ring (bicyclic) bond motifs is 2. The fourth-order valence-electron chi connectivity index (χ4n) is 3.78. The van der Waals surface area contributed by atoms with Crippen LogP contribution >= 0.6 is 0 Å². The molecule has 0 aromatic carbocycles. The molecule has 0 saturated carbocycles. The molecule has 1 aliphatic heterocycles. The zero-order valence-electron chi connectivity index (χ0n) is 13.1. The molecule has 23 heavy (non-hydrogen) atoms. The topological polar surface area (TPSA) is 46.1 Å². The molecule has 1 saturated heterocycles. The minimum atomic E-state index is -4.28. The Hall–Kier alpha value is -1.66. The summed E-state index contributed by atoms with van der Waals surface area (Å²) < 4.78 is 37.0. The van der Waals surface area contributed by atoms with Crippen LogP contribution < -0.4 is 0 Å². The lowest BCUT2D eigenvalue weighted by Gasteiger charge is -2.40. The maximum Gasteiger partial charge on any atom is 0.389 e. The lowest BCUT2D eigenvalue weighted by Crippen LogP contribution is -2.48. The van der Waals surface area contributed by atoms with Crippen molar-refractivity contribution in [1.29, 1.82) is 0 Å². The molecular weight excluding hydrogens is 307 g/mol. The second-order valence-electron chi connectivity index (χ2n) is 6.61. The first kappa shape index (κ1) is 16.2. The number of carbonyl (C=O) groups excluding carboxylic acids is 1. The van der Waals surface area contributed by atoms with Crippen molar-refractivity contribution in [3.05, 3.63) is 23.3 Å². The number of amides is 1. The highest BCUT2D eigenvalue weighted by Crippen LogP contribution is 2.44. The van der Waals surface area contributed by atoms with Crippen LogP contribution in [0.3, 0.4) is 0 Å². The highest BCUT2D eigenvalue weighted by atomic mass is 19.4. The van der Waals surface area contributed by atoms with Gasteiger partial charge in [0.25, 0.3) is 0 Å². The summed E-state index contributed by atoms with van der Waals surface area (Å²) in [7, 11) is 0. The van der Waals surface area contributed by atoms with Crippen molar-refractivity contribution in [2.45, 2.75) is 57.0 Å². The van der Waals surface area contributed by atoms with Crippen molar-refractivity contribution in [3.8, 4) is 0 Å². The van der Waals surface area contributed by atoms with Gasteiger partial charge in [0.15, 0.2) is 0 Å². The summed E-state index contributed by atoms with van der Waals surface area (Å²) in [6.07, 6.45) is -0.448. The monoisotopic (exact) mass is 327 g/mol. The Morgan fingerprint density at radius 1 is 1.39 bits per heavy atom. The second-order valence-corrected chi connectivity index (χ2v) is 6.61. The molecule has 0 radical (unpaired) electrons. The number of rotatable bonds is 2. The Kier molecular flexibility index (Phi) is 4.06. The molecule has 4 nitrogen and oxygen atoms in total. The van der Waals surface area contributed by atoms with E-state index in [2.05, 4.69) is 9.97 Å². The molecule has 1 fully saturated rings. The minimum Gasteiger partial charge on any atom is -0.342 e. The van der Waals surface area contributed by atoms with Crippen molar-refractivity contribution in [2.75, 3.05) is 13.1 Å². The number of halogens is 3. The average molecular weight is 327 g/mol. The fourth-order valence-corrected chi connectivity index (χ4v) is 3.78. The van der Waals surface area contributed by atoms with Gasteiger partial charge in [-0.05, 0) is 38.2 Å². The zero-order valence-corrected chi connectivity index (χ0v) is 13.1. The summed E-state index contributed by atoms with van der Waals surface area (Å²) in [5.74, 6) is 0.297. The Morgan fingerprint density at radius 3 is 2.91 bits per heavy atom. The van der Waals surface area contributed by atoms with E-state index in [1.807, 2.05) is 13.1 Å². The van der Waals surface area contributed by atoms with Gasteiger partial charge in [-0.2, -0.15) is 13.2 Å². The van der Waals surface area contributed by atoms with Gasteiger partial charge in [-0.3, -0.25) is 4.79 Å². The summed E-state index contributed by atoms with van der Waals surface area (Å²) in [6.45, 7) is 2.85. The van der Waals surface area contributed by atoms with Crippen LogP contribution in [0.4, 0.5) is 13.2 Å². The normalized spacial score (nSPS) is 24.1. The predicted octanol–water partition coefficient (Wildman–Crippen LogP) is 2.93. The van der Waals surface area contributed by atoms with E-state index in [1.54, 1.807) is 4.90 Å². The molecule has 0 N–H and O–H groups in total. The number of piperidine rings is 1. The first-order valence-corrected chi connectivity index (χ1v) is 7.97. The van der Waals surface area contributed by atoms with Gasteiger partial charge in [-0.1, -0.05) is 0 Å². The number of aromatic nitrogens is 2. The third-order valence-electron chi connectivity index (χ3n) is 4.91. The highest BCUT2D eigenvalue weighted by molar-refractivity contribution is 5.76. The molecule has 1 amide bonds. The van der Waals surface area contributed by atoms with Gasteiger partial charge in [0.2, 0.25) is 5.91 Å². The van der Waals surface area contributed by atoms with Crippen LogP contribution in [0.1, 0.15) is 49.2 Å². The molecule has 2 aliphatic rings. The van der Waals surface area contributed by atoms with E-state index in [9.17, 15) is 18.0 Å². The first-order valence-electron chi connectivity index (χ1n) is 7.97. The molecule has 1 unspecified atom stereocenters. The van der Waals surface area contributed by atoms with Gasteiger partial charge in [0.1, 0.15) is 5.82 Å². The molecule has 0 bridgehead atoms. The van der Waals surface area contributed by atoms with E-state index >= 15 is 0 Å². The predicted molar refractivity (Wildman–Crippen MR) is 77.9 cm³/mol. The lowest BCUT2D eigenvalue weighted by atomic mass is 9.77. The van der Waals surface area contributed by atoms with Gasteiger partial charge in [-0.15, -0.1) is 0 Å². The fraction of sp³-hybridized carbons (Fsp3) is 0.688. The number of carbonyl (C=O) groups is 1. The summed E-state index contributed by atoms with van der Waals surface area (Å²) in [6, 6.07) is 0. The number of hydrogen-bond acceptors (Lipinski definition) is 3. The largest absolute Gasteiger partial charge is 0.389 e. The molecule has 1 atom stereocenters. The van der Waals surface area contributed by atoms with Crippen LogP contribution in [-0.4, -0.2) is 40.0 Å². The Balaban J connectivity index is 1.75. The molecule has 1 aromatic heterocycles. The zero-order chi connectivity index (χ0) is 16.7. The summed E-state index contributed by atoms with van der Waals surface area (Å²) in [4.78, 5) is 22.6. The molecule has 1 aliphatic carbocycles. The standard InChI is InChI=1S/C16H20F3N3O/c1-11-20-9-12-3-6-15(14(12)21-11)5-2-8-22(10-15)13(23)4-7-16(17,18)19/h9H,2-8,10H2,1H3. The van der Waals surface area contributed by atoms with E-state index in [0.29, 0.717) is 18.9 Å². The van der Waals surface area contributed by atoms with Gasteiger partial charge >= 0.3 is 6.18 Å². The van der Waals surface area contributed by atoms with Crippen LogP contribution in [0.15, 0.2) is 6.20 Å². The Labute approximate surface area is 133 Å². The van der Waals surface area contributed by atoms with Gasteiger partial charge < -0.3 is 4.90 Å². The number of likely N-dealkylation sites (tertiary alicyclic amines) is 1. The van der Waals surface area contributed by atoms with Crippen LogP contribution in [-0.2, 0) is 16.6 Å². The van der Waals surface area contributed by atoms with E-state index in [0.717, 1.165) is 36.9 Å². The van der Waals surface area contributed by atoms with E-state index < -0.39 is 24.9 Å².